The molecule has 1 fully saturated rings. The fraction of sp³-hybridized carbons (Fsp3) is 0.800. The molecular weight excluding hydrogens is 166 g/mol. The van der Waals surface area contributed by atoms with E-state index in [4.69, 9.17) is 4.74 Å². The zero-order chi connectivity index (χ0) is 9.84. The van der Waals surface area contributed by atoms with Crippen LogP contribution < -0.4 is 0 Å². The number of methoxy groups -OCH3 is 1. The Kier molecular flexibility index (Phi) is 3.72. The lowest BCUT2D eigenvalue weighted by Gasteiger charge is -2.32. The van der Waals surface area contributed by atoms with E-state index < -0.39 is 0 Å². The summed E-state index contributed by atoms with van der Waals surface area (Å²) in [6, 6.07) is 0.583. The summed E-state index contributed by atoms with van der Waals surface area (Å²) in [4.78, 5) is 13.5. The molecule has 1 heterocycles. The lowest BCUT2D eigenvalue weighted by atomic mass is 9.96. The molecule has 0 saturated carbocycles. The highest BCUT2D eigenvalue weighted by molar-refractivity contribution is 5.84. The van der Waals surface area contributed by atoms with E-state index in [9.17, 15) is 4.79 Å². The van der Waals surface area contributed by atoms with Crippen LogP contribution in [0, 0.1) is 5.92 Å². The molecule has 3 nitrogen and oxygen atoms in total. The summed E-state index contributed by atoms with van der Waals surface area (Å²) in [6.45, 7) is 6.34. The normalized spacial score (nSPS) is 20.6. The number of carbonyl (C=O) groups excluding carboxylic acids is 1. The lowest BCUT2D eigenvalue weighted by molar-refractivity contribution is -0.139. The third-order valence-electron chi connectivity index (χ3n) is 2.61. The molecule has 0 aliphatic carbocycles. The average molecular weight is 184 g/mol. The molecule has 1 saturated heterocycles. The molecule has 0 amide bonds. The maximum absolute atomic E-state index is 11.2. The molecule has 0 unspecified atom stereocenters. The Balaban J connectivity index is 2.34. The van der Waals surface area contributed by atoms with Crippen molar-refractivity contribution in [3.8, 4) is 0 Å². The van der Waals surface area contributed by atoms with Crippen LogP contribution in [0.25, 0.3) is 0 Å². The van der Waals surface area contributed by atoms with E-state index in [1.54, 1.807) is 0 Å². The van der Waals surface area contributed by atoms with Gasteiger partial charge in [-0.2, -0.15) is 0 Å². The monoisotopic (exact) mass is 184 g/mol. The van der Waals surface area contributed by atoms with Gasteiger partial charge in [-0.05, 0) is 39.8 Å². The van der Waals surface area contributed by atoms with Gasteiger partial charge < -0.3 is 9.64 Å². The summed E-state index contributed by atoms with van der Waals surface area (Å²) < 4.78 is 4.69. The number of piperidine rings is 1. The number of nitrogens with zero attached hydrogens (tertiary/aromatic N) is 1. The second-order valence-electron chi connectivity index (χ2n) is 3.72. The van der Waals surface area contributed by atoms with Crippen LogP contribution in [0.3, 0.4) is 0 Å². The standard InChI is InChI=1S/C10H18NO2/c1-8(2)11-6-4-9(5-7-11)10(12)13-3/h8H,4-7H2,1-3H3. The Morgan fingerprint density at radius 3 is 2.31 bits per heavy atom. The summed E-state index contributed by atoms with van der Waals surface area (Å²) >= 11 is 0. The van der Waals surface area contributed by atoms with Crippen molar-refractivity contribution >= 4 is 5.97 Å². The fourth-order valence-electron chi connectivity index (χ4n) is 1.66. The highest BCUT2D eigenvalue weighted by Gasteiger charge is 2.26. The number of likely N-dealkylation sites (tertiary alicyclic amines) is 1. The first-order valence-corrected chi connectivity index (χ1v) is 4.82. The van der Waals surface area contributed by atoms with Crippen LogP contribution in [0.1, 0.15) is 26.7 Å². The van der Waals surface area contributed by atoms with Crippen molar-refractivity contribution in [3.05, 3.63) is 5.92 Å². The van der Waals surface area contributed by atoms with Crippen molar-refractivity contribution in [2.45, 2.75) is 32.7 Å². The molecule has 1 rings (SSSR count). The first-order valence-electron chi connectivity index (χ1n) is 4.82. The van der Waals surface area contributed by atoms with Gasteiger partial charge >= 0.3 is 5.97 Å². The van der Waals surface area contributed by atoms with Gasteiger partial charge in [0, 0.05) is 6.04 Å². The summed E-state index contributed by atoms with van der Waals surface area (Å²) in [5.74, 6) is 0.822. The second kappa shape index (κ2) is 4.61. The van der Waals surface area contributed by atoms with Crippen LogP contribution in [0.15, 0.2) is 0 Å². The van der Waals surface area contributed by atoms with Crippen molar-refractivity contribution in [1.29, 1.82) is 0 Å². The number of carbonyl (C=O) groups is 1. The molecule has 0 spiro atoms. The first-order chi connectivity index (χ1) is 6.15. The summed E-state index contributed by atoms with van der Waals surface area (Å²) in [5, 5.41) is 0. The second-order valence-corrected chi connectivity index (χ2v) is 3.72. The van der Waals surface area contributed by atoms with Crippen molar-refractivity contribution in [2.24, 2.45) is 0 Å². The molecule has 1 radical (unpaired) electrons. The molecular formula is C10H18NO2. The molecule has 1 aliphatic heterocycles. The number of hydrogen-bond donors (Lipinski definition) is 0. The topological polar surface area (TPSA) is 29.5 Å². The van der Waals surface area contributed by atoms with Gasteiger partial charge in [0.25, 0.3) is 0 Å². The smallest absolute Gasteiger partial charge is 0.313 e. The van der Waals surface area contributed by atoms with Crippen molar-refractivity contribution in [2.75, 3.05) is 20.2 Å². The minimum absolute atomic E-state index is 0.122. The highest BCUT2D eigenvalue weighted by atomic mass is 16.5. The van der Waals surface area contributed by atoms with Gasteiger partial charge in [-0.25, -0.2) is 0 Å². The molecule has 75 valence electrons. The van der Waals surface area contributed by atoms with Crippen molar-refractivity contribution in [3.63, 3.8) is 0 Å². The van der Waals surface area contributed by atoms with E-state index in [0.717, 1.165) is 31.8 Å². The molecule has 0 aromatic carbocycles. The van der Waals surface area contributed by atoms with Gasteiger partial charge in [0.05, 0.1) is 13.0 Å². The average Bonchev–Trinajstić information content (AvgIpc) is 2.17. The van der Waals surface area contributed by atoms with Gasteiger partial charge in [0.2, 0.25) is 0 Å². The molecule has 1 aliphatic rings. The Hall–Kier alpha value is -0.570. The predicted molar refractivity (Wildman–Crippen MR) is 51.2 cm³/mol. The summed E-state index contributed by atoms with van der Waals surface area (Å²) in [7, 11) is 1.45. The molecule has 0 aromatic rings. The summed E-state index contributed by atoms with van der Waals surface area (Å²) in [5.41, 5.74) is 0. The number of ether oxygens (including phenoxy) is 1. The van der Waals surface area contributed by atoms with Gasteiger partial charge in [0.15, 0.2) is 0 Å². The zero-order valence-electron chi connectivity index (χ0n) is 8.67. The molecule has 0 bridgehead atoms. The molecule has 0 aromatic heterocycles. The number of hydrogen-bond acceptors (Lipinski definition) is 3. The Labute approximate surface area is 80.1 Å². The van der Waals surface area contributed by atoms with E-state index in [2.05, 4.69) is 18.7 Å². The van der Waals surface area contributed by atoms with Gasteiger partial charge in [-0.1, -0.05) is 0 Å². The maximum Gasteiger partial charge on any atom is 0.313 e. The minimum Gasteiger partial charge on any atom is -0.469 e. The third-order valence-corrected chi connectivity index (χ3v) is 2.61. The van der Waals surface area contributed by atoms with Crippen molar-refractivity contribution < 1.29 is 9.53 Å². The van der Waals surface area contributed by atoms with Crippen LogP contribution in [-0.4, -0.2) is 37.1 Å². The van der Waals surface area contributed by atoms with Crippen LogP contribution in [0.5, 0.6) is 0 Å². The Bertz CT molecular complexity index is 172. The number of rotatable bonds is 2. The summed E-state index contributed by atoms with van der Waals surface area (Å²) in [6.07, 6.45) is 1.73. The molecule has 3 heteroatoms. The van der Waals surface area contributed by atoms with Crippen LogP contribution in [0.2, 0.25) is 0 Å². The molecule has 0 N–H and O–H groups in total. The van der Waals surface area contributed by atoms with Gasteiger partial charge in [-0.3, -0.25) is 4.79 Å². The van der Waals surface area contributed by atoms with E-state index in [-0.39, 0.29) is 5.97 Å². The quantitative estimate of drug-likeness (QED) is 0.605. The molecule has 13 heavy (non-hydrogen) atoms. The maximum atomic E-state index is 11.2. The Morgan fingerprint density at radius 2 is 1.92 bits per heavy atom. The predicted octanol–water partition coefficient (Wildman–Crippen LogP) is 1.24. The van der Waals surface area contributed by atoms with Crippen molar-refractivity contribution in [1.82, 2.24) is 4.90 Å². The number of esters is 1. The largest absolute Gasteiger partial charge is 0.469 e. The van der Waals surface area contributed by atoms with E-state index in [1.807, 2.05) is 0 Å². The minimum atomic E-state index is -0.122. The SMILES string of the molecule is COC(=O)[C]1CCN(C(C)C)CC1. The fourth-order valence-corrected chi connectivity index (χ4v) is 1.66. The van der Waals surface area contributed by atoms with Gasteiger partial charge in [-0.15, -0.1) is 0 Å². The molecule has 0 atom stereocenters. The van der Waals surface area contributed by atoms with Crippen LogP contribution in [0.4, 0.5) is 0 Å². The van der Waals surface area contributed by atoms with E-state index in [0.29, 0.717) is 6.04 Å². The van der Waals surface area contributed by atoms with Crippen LogP contribution in [-0.2, 0) is 9.53 Å². The highest BCUT2D eigenvalue weighted by Crippen LogP contribution is 2.21. The van der Waals surface area contributed by atoms with E-state index >= 15 is 0 Å². The first kappa shape index (κ1) is 10.5. The lowest BCUT2D eigenvalue weighted by Crippen LogP contribution is -2.39. The van der Waals surface area contributed by atoms with Gasteiger partial charge in [0.1, 0.15) is 0 Å². The van der Waals surface area contributed by atoms with Crippen LogP contribution >= 0.6 is 0 Å². The Morgan fingerprint density at radius 1 is 1.38 bits per heavy atom. The zero-order valence-corrected chi connectivity index (χ0v) is 8.67. The third kappa shape index (κ3) is 2.69. The van der Waals surface area contributed by atoms with E-state index in [1.165, 1.54) is 7.11 Å².